The quantitative estimate of drug-likeness (QED) is 0.809. The standard InChI is InChI=1S/C17H25N5O2S.ClH/c1-17(4-6-18-12-17)13-21-7-9-22(10-8-21)25(23,24)15-11-20-16-14(15)3-2-5-19-16;/h2-3,5,11,18H,4,6-10,12-13H2,1H3,(H,19,20);1H. The van der Waals surface area contributed by atoms with E-state index in [0.717, 1.165) is 32.7 Å². The van der Waals surface area contributed by atoms with Crippen LogP contribution < -0.4 is 5.32 Å². The maximum Gasteiger partial charge on any atom is 0.245 e. The van der Waals surface area contributed by atoms with Gasteiger partial charge in [-0.15, -0.1) is 12.4 Å². The molecule has 9 heteroatoms. The van der Waals surface area contributed by atoms with Crippen LogP contribution in [-0.4, -0.2) is 73.4 Å². The summed E-state index contributed by atoms with van der Waals surface area (Å²) in [5.74, 6) is 0. The molecule has 0 aliphatic carbocycles. The van der Waals surface area contributed by atoms with Crippen LogP contribution in [0.3, 0.4) is 0 Å². The molecule has 2 aliphatic rings. The van der Waals surface area contributed by atoms with E-state index < -0.39 is 10.0 Å². The molecule has 0 amide bonds. The van der Waals surface area contributed by atoms with Crippen molar-refractivity contribution in [2.75, 3.05) is 45.8 Å². The van der Waals surface area contributed by atoms with Gasteiger partial charge in [0.1, 0.15) is 10.5 Å². The molecular formula is C17H26ClN5O2S. The van der Waals surface area contributed by atoms with Gasteiger partial charge in [0.2, 0.25) is 10.0 Å². The second-order valence-electron chi connectivity index (χ2n) is 7.47. The molecule has 7 nitrogen and oxygen atoms in total. The maximum absolute atomic E-state index is 13.0. The normalized spacial score (nSPS) is 25.4. The Morgan fingerprint density at radius 3 is 2.73 bits per heavy atom. The monoisotopic (exact) mass is 399 g/mol. The number of pyridine rings is 1. The lowest BCUT2D eigenvalue weighted by molar-refractivity contribution is 0.132. The SMILES string of the molecule is CC1(CN2CCN(S(=O)(=O)c3c[nH]c4ncccc34)CC2)CCNC1.Cl. The summed E-state index contributed by atoms with van der Waals surface area (Å²) < 4.78 is 27.7. The minimum Gasteiger partial charge on any atom is -0.345 e. The van der Waals surface area contributed by atoms with E-state index in [-0.39, 0.29) is 12.4 Å². The number of hydrogen-bond donors (Lipinski definition) is 2. The molecule has 4 rings (SSSR count). The average Bonchev–Trinajstić information content (AvgIpc) is 3.22. The summed E-state index contributed by atoms with van der Waals surface area (Å²) in [7, 11) is -3.49. The van der Waals surface area contributed by atoms with Crippen molar-refractivity contribution >= 4 is 33.5 Å². The van der Waals surface area contributed by atoms with Gasteiger partial charge < -0.3 is 15.2 Å². The van der Waals surface area contributed by atoms with E-state index in [1.165, 1.54) is 6.42 Å². The number of H-pyrrole nitrogens is 1. The Morgan fingerprint density at radius 2 is 2.04 bits per heavy atom. The number of piperazine rings is 1. The number of halogens is 1. The van der Waals surface area contributed by atoms with Gasteiger partial charge in [0, 0.05) is 57.0 Å². The number of sulfonamides is 1. The number of fused-ring (bicyclic) bond motifs is 1. The van der Waals surface area contributed by atoms with Gasteiger partial charge in [-0.1, -0.05) is 6.92 Å². The summed E-state index contributed by atoms with van der Waals surface area (Å²) in [6.07, 6.45) is 4.41. The summed E-state index contributed by atoms with van der Waals surface area (Å²) in [5.41, 5.74) is 0.921. The molecule has 0 saturated carbocycles. The Bertz CT molecular complexity index is 855. The Morgan fingerprint density at radius 1 is 1.27 bits per heavy atom. The van der Waals surface area contributed by atoms with Crippen molar-refractivity contribution in [3.63, 3.8) is 0 Å². The fraction of sp³-hybridized carbons (Fsp3) is 0.588. The highest BCUT2D eigenvalue weighted by molar-refractivity contribution is 7.89. The third-order valence-corrected chi connectivity index (χ3v) is 7.36. The first-order valence-electron chi connectivity index (χ1n) is 8.83. The van der Waals surface area contributed by atoms with Gasteiger partial charge in [-0.2, -0.15) is 4.31 Å². The van der Waals surface area contributed by atoms with Crippen molar-refractivity contribution in [3.8, 4) is 0 Å². The number of hydrogen-bond acceptors (Lipinski definition) is 5. The highest BCUT2D eigenvalue weighted by Gasteiger charge is 2.34. The van der Waals surface area contributed by atoms with Crippen LogP contribution in [0.25, 0.3) is 11.0 Å². The highest BCUT2D eigenvalue weighted by Crippen LogP contribution is 2.28. The second kappa shape index (κ2) is 7.44. The zero-order valence-corrected chi connectivity index (χ0v) is 16.6. The Kier molecular flexibility index (Phi) is 5.60. The molecule has 2 saturated heterocycles. The van der Waals surface area contributed by atoms with E-state index in [4.69, 9.17) is 0 Å². The lowest BCUT2D eigenvalue weighted by Gasteiger charge is -2.38. The smallest absolute Gasteiger partial charge is 0.245 e. The molecular weight excluding hydrogens is 374 g/mol. The summed E-state index contributed by atoms with van der Waals surface area (Å²) >= 11 is 0. The topological polar surface area (TPSA) is 81.3 Å². The van der Waals surface area contributed by atoms with Crippen molar-refractivity contribution < 1.29 is 8.42 Å². The van der Waals surface area contributed by atoms with E-state index in [0.29, 0.717) is 34.4 Å². The third kappa shape index (κ3) is 3.61. The van der Waals surface area contributed by atoms with Crippen molar-refractivity contribution in [1.82, 2.24) is 24.5 Å². The zero-order chi connectivity index (χ0) is 17.5. The van der Waals surface area contributed by atoms with Crippen molar-refractivity contribution in [2.45, 2.75) is 18.2 Å². The zero-order valence-electron chi connectivity index (χ0n) is 14.9. The Labute approximate surface area is 160 Å². The number of nitrogens with one attached hydrogen (secondary N) is 2. The van der Waals surface area contributed by atoms with Crippen LogP contribution in [0.4, 0.5) is 0 Å². The number of nitrogens with zero attached hydrogens (tertiary/aromatic N) is 3. The first-order valence-corrected chi connectivity index (χ1v) is 10.3. The van der Waals surface area contributed by atoms with Crippen LogP contribution >= 0.6 is 12.4 Å². The molecule has 0 bridgehead atoms. The molecule has 2 aromatic rings. The van der Waals surface area contributed by atoms with Gasteiger partial charge in [-0.3, -0.25) is 0 Å². The van der Waals surface area contributed by atoms with Crippen LogP contribution in [0.15, 0.2) is 29.4 Å². The van der Waals surface area contributed by atoms with Gasteiger partial charge in [-0.25, -0.2) is 13.4 Å². The van der Waals surface area contributed by atoms with Gasteiger partial charge in [0.05, 0.1) is 0 Å². The first-order chi connectivity index (χ1) is 12.0. The van der Waals surface area contributed by atoms with E-state index in [1.807, 2.05) is 0 Å². The Hall–Kier alpha value is -1.19. The second-order valence-corrected chi connectivity index (χ2v) is 9.38. The lowest BCUT2D eigenvalue weighted by atomic mass is 9.89. The fourth-order valence-corrected chi connectivity index (χ4v) is 5.53. The number of aromatic nitrogens is 2. The summed E-state index contributed by atoms with van der Waals surface area (Å²) in [5, 5.41) is 4.09. The molecule has 0 spiro atoms. The molecule has 1 unspecified atom stereocenters. The number of rotatable bonds is 4. The van der Waals surface area contributed by atoms with Crippen LogP contribution in [0.5, 0.6) is 0 Å². The molecule has 1 atom stereocenters. The van der Waals surface area contributed by atoms with Gasteiger partial charge in [0.25, 0.3) is 0 Å². The van der Waals surface area contributed by atoms with Gasteiger partial charge >= 0.3 is 0 Å². The molecule has 0 radical (unpaired) electrons. The average molecular weight is 400 g/mol. The maximum atomic E-state index is 13.0. The minimum absolute atomic E-state index is 0. The fourth-order valence-electron chi connectivity index (χ4n) is 3.95. The van der Waals surface area contributed by atoms with Gasteiger partial charge in [-0.05, 0) is 30.5 Å². The number of aromatic amines is 1. The summed E-state index contributed by atoms with van der Waals surface area (Å²) in [4.78, 5) is 9.87. The van der Waals surface area contributed by atoms with Crippen LogP contribution in [0.2, 0.25) is 0 Å². The Balaban J connectivity index is 0.00000196. The molecule has 2 N–H and O–H groups in total. The lowest BCUT2D eigenvalue weighted by Crippen LogP contribution is -2.51. The molecule has 2 aromatic heterocycles. The van der Waals surface area contributed by atoms with E-state index in [1.54, 1.807) is 28.8 Å². The van der Waals surface area contributed by atoms with Crippen molar-refractivity contribution in [2.24, 2.45) is 5.41 Å². The minimum atomic E-state index is -3.49. The molecule has 144 valence electrons. The molecule has 2 fully saturated rings. The van der Waals surface area contributed by atoms with Crippen molar-refractivity contribution in [3.05, 3.63) is 24.5 Å². The highest BCUT2D eigenvalue weighted by atomic mass is 35.5. The van der Waals surface area contributed by atoms with Crippen LogP contribution in [0, 0.1) is 5.41 Å². The largest absolute Gasteiger partial charge is 0.345 e. The molecule has 2 aliphatic heterocycles. The summed E-state index contributed by atoms with van der Waals surface area (Å²) in [6.45, 7) is 8.13. The first kappa shape index (κ1) is 19.6. The predicted octanol–water partition coefficient (Wildman–Crippen LogP) is 1.29. The van der Waals surface area contributed by atoms with E-state index in [9.17, 15) is 8.42 Å². The molecule has 4 heterocycles. The van der Waals surface area contributed by atoms with Crippen molar-refractivity contribution in [1.29, 1.82) is 0 Å². The summed E-state index contributed by atoms with van der Waals surface area (Å²) in [6, 6.07) is 3.57. The van der Waals surface area contributed by atoms with Crippen LogP contribution in [0.1, 0.15) is 13.3 Å². The van der Waals surface area contributed by atoms with Gasteiger partial charge in [0.15, 0.2) is 0 Å². The molecule has 0 aromatic carbocycles. The van der Waals surface area contributed by atoms with Crippen LogP contribution in [-0.2, 0) is 10.0 Å². The predicted molar refractivity (Wildman–Crippen MR) is 104 cm³/mol. The van der Waals surface area contributed by atoms with E-state index in [2.05, 4.69) is 27.1 Å². The van der Waals surface area contributed by atoms with E-state index >= 15 is 0 Å². The molecule has 26 heavy (non-hydrogen) atoms. The third-order valence-electron chi connectivity index (χ3n) is 5.42.